The minimum atomic E-state index is -0.493. The third-order valence-corrected chi connectivity index (χ3v) is 13.7. The first-order valence-electron chi connectivity index (χ1n) is 15.9. The lowest BCUT2D eigenvalue weighted by Crippen LogP contribution is -2.64. The molecule has 9 atom stereocenters. The van der Waals surface area contributed by atoms with Crippen LogP contribution in [0, 0.1) is 56.2 Å². The zero-order chi connectivity index (χ0) is 29.5. The predicted molar refractivity (Wildman–Crippen MR) is 158 cm³/mol. The summed E-state index contributed by atoms with van der Waals surface area (Å²) in [4.78, 5) is 41.0. The van der Waals surface area contributed by atoms with Crippen molar-refractivity contribution in [2.24, 2.45) is 56.2 Å². The van der Waals surface area contributed by atoms with E-state index in [1.807, 2.05) is 6.08 Å². The molecule has 3 fully saturated rings. The summed E-state index contributed by atoms with van der Waals surface area (Å²) >= 11 is 0. The number of hydrogen-bond acceptors (Lipinski definition) is 4. The van der Waals surface area contributed by atoms with Gasteiger partial charge in [-0.3, -0.25) is 14.4 Å². The molecule has 40 heavy (non-hydrogen) atoms. The Kier molecular flexibility index (Phi) is 6.97. The number of rotatable bonds is 5. The molecule has 5 aliphatic rings. The summed E-state index contributed by atoms with van der Waals surface area (Å²) < 4.78 is 0. The summed E-state index contributed by atoms with van der Waals surface area (Å²) in [5.41, 5.74) is -0.246. The molecule has 0 spiro atoms. The minimum absolute atomic E-state index is 0.0613. The van der Waals surface area contributed by atoms with E-state index < -0.39 is 10.8 Å². The highest BCUT2D eigenvalue weighted by Crippen LogP contribution is 2.74. The smallest absolute Gasteiger partial charge is 0.225 e. The number of aliphatic hydroxyl groups is 1. The monoisotopic (exact) mass is 551 g/mol. The van der Waals surface area contributed by atoms with Crippen molar-refractivity contribution in [2.75, 3.05) is 13.2 Å². The van der Waals surface area contributed by atoms with Gasteiger partial charge in [0.15, 0.2) is 11.6 Å². The van der Waals surface area contributed by atoms with E-state index in [1.54, 1.807) is 6.08 Å². The van der Waals surface area contributed by atoms with Crippen LogP contribution in [0.15, 0.2) is 23.8 Å². The second-order valence-electron chi connectivity index (χ2n) is 16.3. The summed E-state index contributed by atoms with van der Waals surface area (Å²) in [6.07, 6.45) is 13.3. The fourth-order valence-corrected chi connectivity index (χ4v) is 10.4. The molecule has 0 aliphatic heterocycles. The Morgan fingerprint density at radius 2 is 1.70 bits per heavy atom. The van der Waals surface area contributed by atoms with Crippen LogP contribution >= 0.6 is 0 Å². The normalized spacial score (nSPS) is 46.3. The molecule has 3 saturated carbocycles. The highest BCUT2D eigenvalue weighted by Gasteiger charge is 2.69. The Labute approximate surface area is 242 Å². The number of ketones is 2. The number of fused-ring (bicyclic) bond motifs is 7. The van der Waals surface area contributed by atoms with E-state index in [1.165, 1.54) is 5.57 Å². The van der Waals surface area contributed by atoms with E-state index in [2.05, 4.69) is 66.8 Å². The molecular weight excluding hydrogens is 498 g/mol. The lowest BCUT2D eigenvalue weighted by Gasteiger charge is -2.69. The zero-order valence-corrected chi connectivity index (χ0v) is 26.3. The molecule has 0 aromatic carbocycles. The largest absolute Gasteiger partial charge is 0.396 e. The second kappa shape index (κ2) is 9.38. The van der Waals surface area contributed by atoms with Crippen LogP contribution in [-0.4, -0.2) is 35.7 Å². The summed E-state index contributed by atoms with van der Waals surface area (Å²) in [6.45, 7) is 18.5. The molecule has 222 valence electrons. The molecule has 0 saturated heterocycles. The van der Waals surface area contributed by atoms with Crippen LogP contribution in [0.3, 0.4) is 0 Å². The average molecular weight is 552 g/mol. The first-order chi connectivity index (χ1) is 18.5. The van der Waals surface area contributed by atoms with E-state index in [-0.39, 0.29) is 69.4 Å². The van der Waals surface area contributed by atoms with Crippen molar-refractivity contribution in [3.63, 3.8) is 0 Å². The third kappa shape index (κ3) is 3.99. The minimum Gasteiger partial charge on any atom is -0.396 e. The van der Waals surface area contributed by atoms with Crippen molar-refractivity contribution in [1.29, 1.82) is 0 Å². The lowest BCUT2D eigenvalue weighted by molar-refractivity contribution is -0.172. The van der Waals surface area contributed by atoms with Crippen molar-refractivity contribution in [1.82, 2.24) is 5.32 Å². The zero-order valence-electron chi connectivity index (χ0n) is 26.3. The maximum Gasteiger partial charge on any atom is 0.225 e. The van der Waals surface area contributed by atoms with Gasteiger partial charge in [0.1, 0.15) is 0 Å². The van der Waals surface area contributed by atoms with Crippen LogP contribution in [0.4, 0.5) is 0 Å². The Morgan fingerprint density at radius 1 is 1.02 bits per heavy atom. The number of hydrogen-bond donors (Lipinski definition) is 2. The molecule has 5 heteroatoms. The van der Waals surface area contributed by atoms with Crippen LogP contribution in [0.2, 0.25) is 0 Å². The van der Waals surface area contributed by atoms with Gasteiger partial charge in [0.05, 0.1) is 0 Å². The molecule has 0 radical (unpaired) electrons. The van der Waals surface area contributed by atoms with Gasteiger partial charge in [-0.05, 0) is 97.5 Å². The van der Waals surface area contributed by atoms with Gasteiger partial charge < -0.3 is 10.4 Å². The topological polar surface area (TPSA) is 83.5 Å². The molecule has 5 aliphatic carbocycles. The Balaban J connectivity index is 1.51. The quantitative estimate of drug-likeness (QED) is 0.411. The summed E-state index contributed by atoms with van der Waals surface area (Å²) in [7, 11) is 0. The van der Waals surface area contributed by atoms with E-state index in [0.29, 0.717) is 13.0 Å². The van der Waals surface area contributed by atoms with Crippen LogP contribution in [-0.2, 0) is 14.4 Å². The van der Waals surface area contributed by atoms with E-state index in [4.69, 9.17) is 0 Å². The van der Waals surface area contributed by atoms with Gasteiger partial charge in [-0.2, -0.15) is 0 Å². The fraction of sp³-hybridized carbons (Fsp3) is 0.800. The number of carbonyl (C=O) groups is 3. The number of carbonyl (C=O) groups excluding carboxylic acids is 3. The van der Waals surface area contributed by atoms with Gasteiger partial charge in [0.25, 0.3) is 0 Å². The SMILES string of the molecule is CC(CCO)CNC(=O)C1(C)CCC2(C)CCC3(C)C(C(=O)C=C4C5(C)C=CC(=O)C(C)(C)C5CCC43C)C2C1. The lowest BCUT2D eigenvalue weighted by atomic mass is 9.34. The molecule has 5 nitrogen and oxygen atoms in total. The highest BCUT2D eigenvalue weighted by atomic mass is 16.3. The van der Waals surface area contributed by atoms with Gasteiger partial charge in [-0.15, -0.1) is 0 Å². The van der Waals surface area contributed by atoms with E-state index >= 15 is 0 Å². The molecule has 1 amide bonds. The van der Waals surface area contributed by atoms with E-state index in [9.17, 15) is 19.5 Å². The summed E-state index contributed by atoms with van der Waals surface area (Å²) in [5.74, 6) is 1.04. The Morgan fingerprint density at radius 3 is 2.38 bits per heavy atom. The van der Waals surface area contributed by atoms with Gasteiger partial charge >= 0.3 is 0 Å². The maximum atomic E-state index is 14.4. The van der Waals surface area contributed by atoms with E-state index in [0.717, 1.165) is 44.9 Å². The summed E-state index contributed by atoms with van der Waals surface area (Å²) in [6, 6.07) is 0. The van der Waals surface area contributed by atoms with Crippen molar-refractivity contribution >= 4 is 17.5 Å². The Hall–Kier alpha value is -1.75. The molecule has 0 bridgehead atoms. The van der Waals surface area contributed by atoms with Crippen LogP contribution in [0.25, 0.3) is 0 Å². The fourth-order valence-electron chi connectivity index (χ4n) is 10.4. The maximum absolute atomic E-state index is 14.4. The molecule has 0 heterocycles. The van der Waals surface area contributed by atoms with Gasteiger partial charge in [-0.25, -0.2) is 0 Å². The van der Waals surface area contributed by atoms with Crippen LogP contribution in [0.5, 0.6) is 0 Å². The third-order valence-electron chi connectivity index (χ3n) is 13.7. The standard InChI is InChI=1S/C35H53NO4/c1-22(11-18-37)21-36-29(40)32(5)15-14-31(4)16-17-35(8)28(23(31)20-32)24(38)19-26-33(6)12-10-27(39)30(2,3)25(33)9-13-34(26,35)7/h10,12,19,22-23,25,28,37H,9,11,13-18,20-21H2,1-8H3,(H,36,40). The predicted octanol–water partition coefficient (Wildman–Crippen LogP) is 6.45. The van der Waals surface area contributed by atoms with Crippen molar-refractivity contribution in [3.05, 3.63) is 23.8 Å². The van der Waals surface area contributed by atoms with Crippen molar-refractivity contribution < 1.29 is 19.5 Å². The van der Waals surface area contributed by atoms with Crippen molar-refractivity contribution in [2.45, 2.75) is 107 Å². The van der Waals surface area contributed by atoms with Crippen LogP contribution < -0.4 is 5.32 Å². The molecule has 0 aromatic rings. The summed E-state index contributed by atoms with van der Waals surface area (Å²) in [5, 5.41) is 12.5. The first-order valence-corrected chi connectivity index (χ1v) is 15.9. The average Bonchev–Trinajstić information content (AvgIpc) is 2.88. The van der Waals surface area contributed by atoms with Gasteiger partial charge in [0, 0.05) is 35.3 Å². The van der Waals surface area contributed by atoms with Crippen molar-refractivity contribution in [3.8, 4) is 0 Å². The molecule has 5 rings (SSSR count). The number of allylic oxidation sites excluding steroid dienone is 4. The molecule has 2 N–H and O–H groups in total. The number of nitrogens with one attached hydrogen (secondary N) is 1. The number of amides is 1. The second-order valence-corrected chi connectivity index (χ2v) is 16.3. The molecular formula is C35H53NO4. The number of aliphatic hydroxyl groups excluding tert-OH is 1. The Bertz CT molecular complexity index is 1170. The molecule has 0 aromatic heterocycles. The van der Waals surface area contributed by atoms with Crippen LogP contribution in [0.1, 0.15) is 107 Å². The van der Waals surface area contributed by atoms with Gasteiger partial charge in [-0.1, -0.05) is 67.0 Å². The molecule has 9 unspecified atom stereocenters. The van der Waals surface area contributed by atoms with Gasteiger partial charge in [0.2, 0.25) is 5.91 Å². The highest BCUT2D eigenvalue weighted by molar-refractivity contribution is 5.98. The first kappa shape index (κ1) is 29.7.